The molecule has 0 radical (unpaired) electrons. The van der Waals surface area contributed by atoms with Crippen molar-refractivity contribution in [1.29, 1.82) is 0 Å². The van der Waals surface area contributed by atoms with Gasteiger partial charge in [0.2, 0.25) is 0 Å². The van der Waals surface area contributed by atoms with Crippen LogP contribution in [0.3, 0.4) is 0 Å². The van der Waals surface area contributed by atoms with Crippen LogP contribution in [-0.4, -0.2) is 24.7 Å². The molecule has 0 aliphatic rings. The van der Waals surface area contributed by atoms with Crippen molar-refractivity contribution in [1.82, 2.24) is 18.7 Å². The van der Waals surface area contributed by atoms with Gasteiger partial charge >= 0.3 is 5.69 Å². The maximum atomic E-state index is 12.5. The van der Waals surface area contributed by atoms with E-state index in [-0.39, 0.29) is 17.3 Å². The lowest BCUT2D eigenvalue weighted by molar-refractivity contribution is 0.536. The third-order valence-electron chi connectivity index (χ3n) is 3.68. The van der Waals surface area contributed by atoms with Crippen LogP contribution in [0.2, 0.25) is 0 Å². The van der Waals surface area contributed by atoms with Crippen molar-refractivity contribution in [2.45, 2.75) is 46.3 Å². The molecule has 0 bridgehead atoms. The largest absolute Gasteiger partial charge is 0.332 e. The first-order chi connectivity index (χ1) is 9.42. The molecule has 7 heteroatoms. The van der Waals surface area contributed by atoms with Gasteiger partial charge in [0.05, 0.1) is 0 Å². The molecule has 0 fully saturated rings. The lowest BCUT2D eigenvalue weighted by Crippen LogP contribution is -2.39. The van der Waals surface area contributed by atoms with Gasteiger partial charge in [-0.3, -0.25) is 13.9 Å². The average molecular weight is 279 g/mol. The molecule has 2 aromatic heterocycles. The number of fused-ring (bicyclic) bond motifs is 1. The predicted octanol–water partition coefficient (Wildman–Crippen LogP) is -0.0377. The summed E-state index contributed by atoms with van der Waals surface area (Å²) >= 11 is 0. The van der Waals surface area contributed by atoms with E-state index in [9.17, 15) is 9.59 Å². The molecule has 1 atom stereocenters. The van der Waals surface area contributed by atoms with Crippen LogP contribution in [0.25, 0.3) is 11.2 Å². The Kier molecular flexibility index (Phi) is 3.80. The summed E-state index contributed by atoms with van der Waals surface area (Å²) < 4.78 is 4.45. The van der Waals surface area contributed by atoms with Crippen molar-refractivity contribution in [3.8, 4) is 0 Å². The van der Waals surface area contributed by atoms with Gasteiger partial charge in [-0.25, -0.2) is 9.78 Å². The van der Waals surface area contributed by atoms with Crippen molar-refractivity contribution in [3.63, 3.8) is 0 Å². The fraction of sp³-hybridized carbons (Fsp3) is 0.615. The van der Waals surface area contributed by atoms with E-state index in [1.807, 2.05) is 18.4 Å². The Bertz CT molecular complexity index is 753. The van der Waals surface area contributed by atoms with Crippen LogP contribution in [-0.2, 0) is 20.1 Å². The molecule has 0 aliphatic heterocycles. The van der Waals surface area contributed by atoms with E-state index in [0.717, 1.165) is 6.42 Å². The predicted molar refractivity (Wildman–Crippen MR) is 77.9 cm³/mol. The Labute approximate surface area is 116 Å². The Morgan fingerprint density at radius 1 is 1.25 bits per heavy atom. The lowest BCUT2D eigenvalue weighted by Gasteiger charge is -2.12. The molecule has 1 unspecified atom stereocenters. The normalized spacial score (nSPS) is 13.1. The average Bonchev–Trinajstić information content (AvgIpc) is 2.74. The van der Waals surface area contributed by atoms with E-state index < -0.39 is 0 Å². The first-order valence-corrected chi connectivity index (χ1v) is 6.84. The molecular weight excluding hydrogens is 258 g/mol. The summed E-state index contributed by atoms with van der Waals surface area (Å²) in [5.41, 5.74) is 6.23. The zero-order valence-corrected chi connectivity index (χ0v) is 12.4. The first kappa shape index (κ1) is 14.5. The fourth-order valence-electron chi connectivity index (χ4n) is 2.35. The number of nitrogens with zero attached hydrogens (tertiary/aromatic N) is 4. The van der Waals surface area contributed by atoms with Crippen LogP contribution in [0.5, 0.6) is 0 Å². The minimum absolute atomic E-state index is 0.0437. The maximum absolute atomic E-state index is 12.5. The van der Waals surface area contributed by atoms with Gasteiger partial charge in [-0.1, -0.05) is 6.92 Å². The van der Waals surface area contributed by atoms with Crippen molar-refractivity contribution in [2.75, 3.05) is 0 Å². The minimum Gasteiger partial charge on any atom is -0.326 e. The monoisotopic (exact) mass is 279 g/mol. The Morgan fingerprint density at radius 3 is 2.45 bits per heavy atom. The summed E-state index contributed by atoms with van der Waals surface area (Å²) in [6.45, 7) is 6.46. The highest BCUT2D eigenvalue weighted by molar-refractivity contribution is 5.71. The summed E-state index contributed by atoms with van der Waals surface area (Å²) in [4.78, 5) is 28.9. The van der Waals surface area contributed by atoms with Gasteiger partial charge in [0.25, 0.3) is 5.56 Å². The fourth-order valence-corrected chi connectivity index (χ4v) is 2.35. The van der Waals surface area contributed by atoms with Crippen LogP contribution >= 0.6 is 0 Å². The van der Waals surface area contributed by atoms with Crippen molar-refractivity contribution >= 4 is 11.2 Å². The standard InChI is InChI=1S/C13H21N5O2/c1-5-9(14)7-18-8(3)15-11-10(18)12(19)17(6-2)13(20)16(11)4/h9H,5-7,14H2,1-4H3. The summed E-state index contributed by atoms with van der Waals surface area (Å²) in [7, 11) is 1.63. The molecule has 0 aromatic carbocycles. The molecule has 0 amide bonds. The molecule has 0 spiro atoms. The molecular formula is C13H21N5O2. The Balaban J connectivity index is 2.84. The zero-order chi connectivity index (χ0) is 15.0. The number of hydrogen-bond donors (Lipinski definition) is 1. The number of aryl methyl sites for hydroxylation is 2. The van der Waals surface area contributed by atoms with Crippen LogP contribution < -0.4 is 17.0 Å². The topological polar surface area (TPSA) is 87.8 Å². The SMILES string of the molecule is CCC(N)Cn1c(C)nc2c1c(=O)n(CC)c(=O)n2C. The third-order valence-corrected chi connectivity index (χ3v) is 3.68. The van der Waals surface area contributed by atoms with E-state index >= 15 is 0 Å². The third kappa shape index (κ3) is 2.07. The molecule has 2 heterocycles. The van der Waals surface area contributed by atoms with E-state index in [1.165, 1.54) is 9.13 Å². The van der Waals surface area contributed by atoms with Gasteiger partial charge in [0.1, 0.15) is 5.82 Å². The summed E-state index contributed by atoms with van der Waals surface area (Å²) in [6, 6.07) is -0.0437. The van der Waals surface area contributed by atoms with Crippen LogP contribution in [0.1, 0.15) is 26.1 Å². The molecule has 2 aromatic rings. The van der Waals surface area contributed by atoms with E-state index in [1.54, 1.807) is 14.0 Å². The zero-order valence-electron chi connectivity index (χ0n) is 12.4. The second-order valence-electron chi connectivity index (χ2n) is 5.00. The van der Waals surface area contributed by atoms with E-state index in [0.29, 0.717) is 30.1 Å². The highest BCUT2D eigenvalue weighted by Crippen LogP contribution is 2.11. The summed E-state index contributed by atoms with van der Waals surface area (Å²) in [5.74, 6) is 0.699. The smallest absolute Gasteiger partial charge is 0.326 e. The van der Waals surface area contributed by atoms with Crippen molar-refractivity contribution < 1.29 is 0 Å². The summed E-state index contributed by atoms with van der Waals surface area (Å²) in [6.07, 6.45) is 0.812. The van der Waals surface area contributed by atoms with Gasteiger partial charge in [-0.15, -0.1) is 0 Å². The second-order valence-corrected chi connectivity index (χ2v) is 5.00. The van der Waals surface area contributed by atoms with Gasteiger partial charge in [0, 0.05) is 26.2 Å². The molecule has 7 nitrogen and oxygen atoms in total. The van der Waals surface area contributed by atoms with Gasteiger partial charge in [0.15, 0.2) is 11.2 Å². The van der Waals surface area contributed by atoms with Crippen LogP contribution in [0.4, 0.5) is 0 Å². The minimum atomic E-state index is -0.338. The van der Waals surface area contributed by atoms with E-state index in [2.05, 4.69) is 4.98 Å². The molecule has 0 aliphatic carbocycles. The van der Waals surface area contributed by atoms with Crippen molar-refractivity contribution in [3.05, 3.63) is 26.7 Å². The van der Waals surface area contributed by atoms with E-state index in [4.69, 9.17) is 5.73 Å². The number of rotatable bonds is 4. The second kappa shape index (κ2) is 5.24. The quantitative estimate of drug-likeness (QED) is 0.850. The molecule has 2 rings (SSSR count). The van der Waals surface area contributed by atoms with Crippen molar-refractivity contribution in [2.24, 2.45) is 12.8 Å². The summed E-state index contributed by atoms with van der Waals surface area (Å²) in [5, 5.41) is 0. The number of nitrogens with two attached hydrogens (primary N) is 1. The van der Waals surface area contributed by atoms with Crippen LogP contribution in [0, 0.1) is 6.92 Å². The maximum Gasteiger partial charge on any atom is 0.332 e. The Morgan fingerprint density at radius 2 is 1.90 bits per heavy atom. The number of imidazole rings is 1. The van der Waals surface area contributed by atoms with Gasteiger partial charge in [-0.2, -0.15) is 0 Å². The lowest BCUT2D eigenvalue weighted by atomic mass is 10.2. The molecule has 0 saturated carbocycles. The first-order valence-electron chi connectivity index (χ1n) is 6.84. The number of aromatic nitrogens is 4. The van der Waals surface area contributed by atoms with Gasteiger partial charge < -0.3 is 10.3 Å². The number of hydrogen-bond acceptors (Lipinski definition) is 4. The Hall–Kier alpha value is -1.89. The highest BCUT2D eigenvalue weighted by Gasteiger charge is 2.18. The highest BCUT2D eigenvalue weighted by atomic mass is 16.2. The molecule has 20 heavy (non-hydrogen) atoms. The van der Waals surface area contributed by atoms with Gasteiger partial charge in [-0.05, 0) is 20.3 Å². The molecule has 0 saturated heterocycles. The molecule has 2 N–H and O–H groups in total. The molecule has 110 valence electrons. The van der Waals surface area contributed by atoms with Crippen LogP contribution in [0.15, 0.2) is 9.59 Å².